The first-order valence-corrected chi connectivity index (χ1v) is 11.8. The lowest BCUT2D eigenvalue weighted by molar-refractivity contribution is 0.0640. The molecule has 2 amide bonds. The molecule has 2 atom stereocenters. The molecule has 1 aliphatic heterocycles. The van der Waals surface area contributed by atoms with E-state index in [1.807, 2.05) is 0 Å². The number of benzene rings is 1. The summed E-state index contributed by atoms with van der Waals surface area (Å²) in [5.74, 6) is -0.468. The number of aromatic nitrogens is 1. The van der Waals surface area contributed by atoms with Crippen LogP contribution in [0.15, 0.2) is 41.4 Å². The Morgan fingerprint density at radius 3 is 2.65 bits per heavy atom. The van der Waals surface area contributed by atoms with Gasteiger partial charge >= 0.3 is 0 Å². The van der Waals surface area contributed by atoms with Crippen LogP contribution in [0.3, 0.4) is 0 Å². The second-order valence-electron chi connectivity index (χ2n) is 8.07. The number of hydrogen-bond acceptors (Lipinski definition) is 6. The first-order chi connectivity index (χ1) is 14.8. The summed E-state index contributed by atoms with van der Waals surface area (Å²) in [6, 6.07) is 7.69. The predicted octanol–water partition coefficient (Wildman–Crippen LogP) is 2.74. The number of methoxy groups -OCH3 is 1. The fourth-order valence-corrected chi connectivity index (χ4v) is 5.82. The number of pyridine rings is 1. The summed E-state index contributed by atoms with van der Waals surface area (Å²) >= 11 is 0. The Balaban J connectivity index is 1.61. The van der Waals surface area contributed by atoms with Crippen LogP contribution < -0.4 is 9.46 Å². The Kier molecular flexibility index (Phi) is 5.81. The van der Waals surface area contributed by atoms with E-state index in [0.717, 1.165) is 30.6 Å². The number of nitrogens with zero attached hydrogens (tertiary/aromatic N) is 2. The third-order valence-corrected chi connectivity index (χ3v) is 7.52. The van der Waals surface area contributed by atoms with Gasteiger partial charge in [0.1, 0.15) is 16.3 Å². The molecule has 0 bridgehead atoms. The monoisotopic (exact) mass is 443 g/mol. The smallest absolute Gasteiger partial charge is 0.280 e. The van der Waals surface area contributed by atoms with E-state index in [1.165, 1.54) is 19.4 Å². The molecule has 1 saturated carbocycles. The van der Waals surface area contributed by atoms with Gasteiger partial charge in [-0.2, -0.15) is 0 Å². The van der Waals surface area contributed by atoms with E-state index in [4.69, 9.17) is 4.74 Å². The minimum Gasteiger partial charge on any atom is -0.495 e. The normalized spacial score (nSPS) is 21.3. The molecule has 0 saturated heterocycles. The van der Waals surface area contributed by atoms with Gasteiger partial charge in [-0.1, -0.05) is 25.8 Å². The standard InChI is InChI=1S/C22H25N3O5S/c1-14-6-3-4-8-17(14)24-31(28,29)19-12-15(9-10-18(19)30-2)13-25-21(26)16-7-5-11-23-20(16)22(25)27/h5,7,9-12,14,17,24H,3-4,6,8,13H2,1-2H3/t14-,17-/m1/s1. The zero-order valence-electron chi connectivity index (χ0n) is 17.5. The number of fused-ring (bicyclic) bond motifs is 1. The molecule has 9 heteroatoms. The van der Waals surface area contributed by atoms with E-state index in [9.17, 15) is 18.0 Å². The minimum absolute atomic E-state index is 0.00000698. The second-order valence-corrected chi connectivity index (χ2v) is 9.75. The molecule has 2 heterocycles. The van der Waals surface area contributed by atoms with Crippen LogP contribution in [0.1, 0.15) is 59.0 Å². The van der Waals surface area contributed by atoms with Crippen molar-refractivity contribution >= 4 is 21.8 Å². The molecule has 1 aliphatic carbocycles. The van der Waals surface area contributed by atoms with Gasteiger partial charge in [0.15, 0.2) is 0 Å². The third kappa shape index (κ3) is 4.07. The Morgan fingerprint density at radius 2 is 1.94 bits per heavy atom. The highest BCUT2D eigenvalue weighted by atomic mass is 32.2. The van der Waals surface area contributed by atoms with Crippen molar-refractivity contribution in [3.8, 4) is 5.75 Å². The van der Waals surface area contributed by atoms with Gasteiger partial charge in [-0.05, 0) is 48.6 Å². The number of rotatable bonds is 6. The fraction of sp³-hybridized carbons (Fsp3) is 0.409. The molecular formula is C22H25N3O5S. The minimum atomic E-state index is -3.85. The molecule has 8 nitrogen and oxygen atoms in total. The van der Waals surface area contributed by atoms with Gasteiger partial charge in [0, 0.05) is 12.2 Å². The van der Waals surface area contributed by atoms with Crippen LogP contribution in [0.25, 0.3) is 0 Å². The van der Waals surface area contributed by atoms with Crippen molar-refractivity contribution in [1.29, 1.82) is 0 Å². The summed E-state index contributed by atoms with van der Waals surface area (Å²) in [6.45, 7) is 2.00. The number of hydrogen-bond donors (Lipinski definition) is 1. The summed E-state index contributed by atoms with van der Waals surface area (Å²) in [6.07, 6.45) is 5.34. The van der Waals surface area contributed by atoms with Crippen molar-refractivity contribution in [2.45, 2.75) is 50.1 Å². The lowest BCUT2D eigenvalue weighted by Gasteiger charge is -2.29. The Hall–Kier alpha value is -2.78. The van der Waals surface area contributed by atoms with Crippen molar-refractivity contribution in [2.24, 2.45) is 5.92 Å². The number of carbonyl (C=O) groups excluding carboxylic acids is 2. The number of imide groups is 1. The topological polar surface area (TPSA) is 106 Å². The molecule has 0 unspecified atom stereocenters. The maximum atomic E-state index is 13.2. The van der Waals surface area contributed by atoms with Gasteiger partial charge in [-0.15, -0.1) is 0 Å². The maximum Gasteiger partial charge on any atom is 0.280 e. The Bertz CT molecular complexity index is 1100. The summed E-state index contributed by atoms with van der Waals surface area (Å²) < 4.78 is 34.5. The van der Waals surface area contributed by atoms with Gasteiger partial charge in [-0.25, -0.2) is 13.1 Å². The first-order valence-electron chi connectivity index (χ1n) is 10.3. The van der Waals surface area contributed by atoms with E-state index in [0.29, 0.717) is 5.56 Å². The predicted molar refractivity (Wildman–Crippen MR) is 113 cm³/mol. The number of amides is 2. The van der Waals surface area contributed by atoms with E-state index >= 15 is 0 Å². The zero-order valence-corrected chi connectivity index (χ0v) is 18.3. The Morgan fingerprint density at radius 1 is 1.16 bits per heavy atom. The van der Waals surface area contributed by atoms with Gasteiger partial charge in [0.05, 0.1) is 19.2 Å². The van der Waals surface area contributed by atoms with E-state index in [2.05, 4.69) is 16.6 Å². The largest absolute Gasteiger partial charge is 0.495 e. The molecule has 1 fully saturated rings. The second kappa shape index (κ2) is 8.39. The highest BCUT2D eigenvalue weighted by Gasteiger charge is 2.37. The summed E-state index contributed by atoms with van der Waals surface area (Å²) in [5, 5.41) is 0. The fourth-order valence-electron chi connectivity index (χ4n) is 4.22. The maximum absolute atomic E-state index is 13.2. The first kappa shape index (κ1) is 21.5. The Labute approximate surface area is 181 Å². The van der Waals surface area contributed by atoms with Crippen LogP contribution in [-0.4, -0.2) is 43.3 Å². The van der Waals surface area contributed by atoms with Gasteiger partial charge in [0.25, 0.3) is 11.8 Å². The summed E-state index contributed by atoms with van der Waals surface area (Å²) in [7, 11) is -2.44. The zero-order chi connectivity index (χ0) is 22.2. The van der Waals surface area contributed by atoms with Crippen molar-refractivity contribution in [3.05, 3.63) is 53.3 Å². The van der Waals surface area contributed by atoms with Gasteiger partial charge in [0.2, 0.25) is 10.0 Å². The van der Waals surface area contributed by atoms with Crippen LogP contribution >= 0.6 is 0 Å². The van der Waals surface area contributed by atoms with E-state index in [1.54, 1.807) is 24.3 Å². The lowest BCUT2D eigenvalue weighted by Crippen LogP contribution is -2.41. The molecule has 1 aromatic carbocycles. The molecule has 0 spiro atoms. The molecule has 2 aliphatic rings. The molecule has 0 radical (unpaired) electrons. The SMILES string of the molecule is COc1ccc(CN2C(=O)c3cccnc3C2=O)cc1S(=O)(=O)N[C@@H]1CCCC[C@H]1C. The molecule has 1 N–H and O–H groups in total. The highest BCUT2D eigenvalue weighted by Crippen LogP contribution is 2.30. The van der Waals surface area contributed by atoms with E-state index in [-0.39, 0.29) is 40.4 Å². The summed E-state index contributed by atoms with van der Waals surface area (Å²) in [5.41, 5.74) is 0.871. The molecule has 164 valence electrons. The van der Waals surface area contributed by atoms with Crippen LogP contribution in [-0.2, 0) is 16.6 Å². The average molecular weight is 444 g/mol. The number of carbonyl (C=O) groups is 2. The lowest BCUT2D eigenvalue weighted by atomic mass is 9.87. The molecule has 31 heavy (non-hydrogen) atoms. The quantitative estimate of drug-likeness (QED) is 0.688. The average Bonchev–Trinajstić information content (AvgIpc) is 3.00. The number of nitrogens with one attached hydrogen (secondary N) is 1. The van der Waals surface area contributed by atoms with Crippen molar-refractivity contribution in [2.75, 3.05) is 7.11 Å². The number of ether oxygens (including phenoxy) is 1. The molecule has 2 aromatic rings. The van der Waals surface area contributed by atoms with Crippen LogP contribution in [0.5, 0.6) is 5.75 Å². The van der Waals surface area contributed by atoms with Gasteiger partial charge in [-0.3, -0.25) is 19.5 Å². The van der Waals surface area contributed by atoms with Crippen LogP contribution in [0.4, 0.5) is 0 Å². The molecule has 4 rings (SSSR count). The molecular weight excluding hydrogens is 418 g/mol. The third-order valence-electron chi connectivity index (χ3n) is 6.01. The van der Waals surface area contributed by atoms with Crippen LogP contribution in [0.2, 0.25) is 0 Å². The highest BCUT2D eigenvalue weighted by molar-refractivity contribution is 7.89. The van der Waals surface area contributed by atoms with Crippen molar-refractivity contribution in [3.63, 3.8) is 0 Å². The summed E-state index contributed by atoms with van der Waals surface area (Å²) in [4.78, 5) is 30.3. The van der Waals surface area contributed by atoms with Gasteiger partial charge < -0.3 is 4.74 Å². The number of sulfonamides is 1. The van der Waals surface area contributed by atoms with Crippen molar-refractivity contribution in [1.82, 2.24) is 14.6 Å². The van der Waals surface area contributed by atoms with E-state index < -0.39 is 21.8 Å². The van der Waals surface area contributed by atoms with Crippen LogP contribution in [0, 0.1) is 5.92 Å². The van der Waals surface area contributed by atoms with Crippen molar-refractivity contribution < 1.29 is 22.7 Å². The molecule has 1 aromatic heterocycles.